The fraction of sp³-hybridized carbons (Fsp3) is 0.273. The second-order valence-electron chi connectivity index (χ2n) is 6.63. The molecular weight excluding hydrogens is 424 g/mol. The summed E-state index contributed by atoms with van der Waals surface area (Å²) in [6, 6.07) is 12.9. The molecular formula is C22H23ClN2O4S. The molecule has 0 saturated heterocycles. The maximum absolute atomic E-state index is 12.9. The number of halogens is 1. The molecule has 0 radical (unpaired) electrons. The molecule has 1 heterocycles. The maximum Gasteiger partial charge on any atom is 0.287 e. The molecule has 1 aromatic heterocycles. The number of nitrogens with zero attached hydrogens (tertiary/aromatic N) is 2. The molecule has 3 rings (SSSR count). The monoisotopic (exact) mass is 446 g/mol. The third-order valence-corrected chi connectivity index (χ3v) is 5.47. The number of aromatic nitrogens is 2. The minimum absolute atomic E-state index is 0.152. The maximum atomic E-state index is 12.9. The van der Waals surface area contributed by atoms with Gasteiger partial charge < -0.3 is 14.6 Å². The number of benzene rings is 2. The molecule has 0 amide bonds. The molecule has 158 valence electrons. The van der Waals surface area contributed by atoms with E-state index in [1.165, 1.54) is 23.4 Å². The molecule has 8 heteroatoms. The van der Waals surface area contributed by atoms with Gasteiger partial charge in [0.1, 0.15) is 6.61 Å². The van der Waals surface area contributed by atoms with Crippen LogP contribution in [0.15, 0.2) is 64.7 Å². The van der Waals surface area contributed by atoms with Crippen LogP contribution in [0.2, 0.25) is 5.02 Å². The second-order valence-corrected chi connectivity index (χ2v) is 8.15. The van der Waals surface area contributed by atoms with Gasteiger partial charge in [-0.15, -0.1) is 11.8 Å². The summed E-state index contributed by atoms with van der Waals surface area (Å²) in [7, 11) is 1.53. The van der Waals surface area contributed by atoms with Gasteiger partial charge >= 0.3 is 0 Å². The summed E-state index contributed by atoms with van der Waals surface area (Å²) in [5, 5.41) is 10.5. The average Bonchev–Trinajstić information content (AvgIpc) is 2.74. The fourth-order valence-electron chi connectivity index (χ4n) is 2.75. The van der Waals surface area contributed by atoms with Crippen LogP contribution < -0.4 is 15.0 Å². The molecule has 1 atom stereocenters. The summed E-state index contributed by atoms with van der Waals surface area (Å²) in [6.07, 6.45) is 3.44. The van der Waals surface area contributed by atoms with E-state index in [0.717, 1.165) is 17.7 Å². The molecule has 30 heavy (non-hydrogen) atoms. The first-order valence-electron chi connectivity index (χ1n) is 9.42. The standard InChI is InChI=1S/C22H23ClN2O4S/c1-15(26)14-29-19-8-7-18(13-20(19)28-2)25-11-10-24-21(22(25)27)30-12-9-16-3-5-17(23)6-4-16/h3-8,10-11,13,15,26H,9,12,14H2,1-2H3/t15-/m1/s1. The Morgan fingerprint density at radius 3 is 2.67 bits per heavy atom. The van der Waals surface area contributed by atoms with Crippen LogP contribution in [0.25, 0.3) is 5.69 Å². The summed E-state index contributed by atoms with van der Waals surface area (Å²) in [4.78, 5) is 17.2. The Kier molecular flexibility index (Phi) is 7.79. The van der Waals surface area contributed by atoms with E-state index in [4.69, 9.17) is 21.1 Å². The molecule has 0 bridgehead atoms. The summed E-state index contributed by atoms with van der Waals surface area (Å²) < 4.78 is 12.5. The van der Waals surface area contributed by atoms with Crippen LogP contribution in [0.1, 0.15) is 12.5 Å². The van der Waals surface area contributed by atoms with E-state index in [1.54, 1.807) is 37.5 Å². The van der Waals surface area contributed by atoms with Gasteiger partial charge in [-0.2, -0.15) is 0 Å². The summed E-state index contributed by atoms with van der Waals surface area (Å²) in [6.45, 7) is 1.79. The van der Waals surface area contributed by atoms with E-state index in [0.29, 0.717) is 27.2 Å². The molecule has 1 N–H and O–H groups in total. The number of hydrogen-bond acceptors (Lipinski definition) is 6. The molecule has 0 aliphatic rings. The zero-order chi connectivity index (χ0) is 21.5. The molecule has 0 aliphatic carbocycles. The van der Waals surface area contributed by atoms with Crippen molar-refractivity contribution in [1.29, 1.82) is 0 Å². The topological polar surface area (TPSA) is 73.6 Å². The Hall–Kier alpha value is -2.48. The van der Waals surface area contributed by atoms with Gasteiger partial charge in [-0.3, -0.25) is 9.36 Å². The number of rotatable bonds is 9. The highest BCUT2D eigenvalue weighted by atomic mass is 35.5. The predicted octanol–water partition coefficient (Wildman–Crippen LogP) is 3.99. The van der Waals surface area contributed by atoms with Crippen LogP contribution in [0.3, 0.4) is 0 Å². The predicted molar refractivity (Wildman–Crippen MR) is 119 cm³/mol. The van der Waals surface area contributed by atoms with Crippen molar-refractivity contribution in [3.8, 4) is 17.2 Å². The van der Waals surface area contributed by atoms with Crippen molar-refractivity contribution in [3.63, 3.8) is 0 Å². The third-order valence-electron chi connectivity index (χ3n) is 4.26. The van der Waals surface area contributed by atoms with Crippen LogP contribution in [-0.2, 0) is 6.42 Å². The Morgan fingerprint density at radius 2 is 1.97 bits per heavy atom. The molecule has 0 unspecified atom stereocenters. The molecule has 6 nitrogen and oxygen atoms in total. The zero-order valence-electron chi connectivity index (χ0n) is 16.7. The normalized spacial score (nSPS) is 11.9. The minimum Gasteiger partial charge on any atom is -0.493 e. The van der Waals surface area contributed by atoms with E-state index >= 15 is 0 Å². The second kappa shape index (κ2) is 10.5. The Morgan fingerprint density at radius 1 is 1.20 bits per heavy atom. The molecule has 0 fully saturated rings. The Bertz CT molecular complexity index is 1040. The van der Waals surface area contributed by atoms with Crippen molar-refractivity contribution >= 4 is 23.4 Å². The molecule has 0 spiro atoms. The number of methoxy groups -OCH3 is 1. The number of thioether (sulfide) groups is 1. The van der Waals surface area contributed by atoms with Crippen LogP contribution in [0.5, 0.6) is 11.5 Å². The SMILES string of the molecule is COc1cc(-n2ccnc(SCCc3ccc(Cl)cc3)c2=O)ccc1OC[C@@H](C)O. The number of ether oxygens (including phenoxy) is 2. The van der Waals surface area contributed by atoms with Gasteiger partial charge in [0, 0.05) is 29.2 Å². The Labute approximate surface area is 184 Å². The van der Waals surface area contributed by atoms with Crippen molar-refractivity contribution in [3.05, 3.63) is 75.8 Å². The lowest BCUT2D eigenvalue weighted by molar-refractivity contribution is 0.120. The van der Waals surface area contributed by atoms with Gasteiger partial charge in [-0.05, 0) is 43.2 Å². The highest BCUT2D eigenvalue weighted by molar-refractivity contribution is 7.99. The van der Waals surface area contributed by atoms with E-state index in [2.05, 4.69) is 4.98 Å². The third kappa shape index (κ3) is 5.78. The smallest absolute Gasteiger partial charge is 0.287 e. The molecule has 2 aromatic carbocycles. The van der Waals surface area contributed by atoms with Gasteiger partial charge in [-0.25, -0.2) is 4.98 Å². The first-order chi connectivity index (χ1) is 14.5. The average molecular weight is 447 g/mol. The van der Waals surface area contributed by atoms with Crippen molar-refractivity contribution in [2.24, 2.45) is 0 Å². The van der Waals surface area contributed by atoms with E-state index in [9.17, 15) is 9.90 Å². The highest BCUT2D eigenvalue weighted by Gasteiger charge is 2.12. The van der Waals surface area contributed by atoms with Gasteiger partial charge in [0.2, 0.25) is 0 Å². The first-order valence-corrected chi connectivity index (χ1v) is 10.8. The van der Waals surface area contributed by atoms with Crippen LogP contribution in [-0.4, -0.2) is 40.2 Å². The van der Waals surface area contributed by atoms with Crippen molar-refractivity contribution in [2.45, 2.75) is 24.5 Å². The van der Waals surface area contributed by atoms with Gasteiger partial charge in [-0.1, -0.05) is 23.7 Å². The quantitative estimate of drug-likeness (QED) is 0.501. The van der Waals surface area contributed by atoms with Gasteiger partial charge in [0.15, 0.2) is 16.5 Å². The largest absolute Gasteiger partial charge is 0.493 e. The van der Waals surface area contributed by atoms with E-state index in [1.807, 2.05) is 24.3 Å². The highest BCUT2D eigenvalue weighted by Crippen LogP contribution is 2.29. The van der Waals surface area contributed by atoms with Gasteiger partial charge in [0.25, 0.3) is 5.56 Å². The van der Waals surface area contributed by atoms with Crippen molar-refractivity contribution in [1.82, 2.24) is 9.55 Å². The summed E-state index contributed by atoms with van der Waals surface area (Å²) in [5.41, 5.74) is 1.60. The lowest BCUT2D eigenvalue weighted by atomic mass is 10.2. The summed E-state index contributed by atoms with van der Waals surface area (Å²) in [5.74, 6) is 1.71. The zero-order valence-corrected chi connectivity index (χ0v) is 18.3. The van der Waals surface area contributed by atoms with Crippen LogP contribution >= 0.6 is 23.4 Å². The number of aliphatic hydroxyl groups is 1. The number of hydrogen-bond donors (Lipinski definition) is 1. The summed E-state index contributed by atoms with van der Waals surface area (Å²) >= 11 is 7.33. The lowest BCUT2D eigenvalue weighted by Crippen LogP contribution is -2.20. The fourth-order valence-corrected chi connectivity index (χ4v) is 3.76. The Balaban J connectivity index is 1.75. The molecule has 0 saturated carbocycles. The first kappa shape index (κ1) is 22.2. The van der Waals surface area contributed by atoms with Crippen LogP contribution in [0.4, 0.5) is 0 Å². The lowest BCUT2D eigenvalue weighted by Gasteiger charge is -2.14. The number of aryl methyl sites for hydroxylation is 1. The van der Waals surface area contributed by atoms with Crippen molar-refractivity contribution < 1.29 is 14.6 Å². The van der Waals surface area contributed by atoms with Crippen LogP contribution in [0, 0.1) is 0 Å². The van der Waals surface area contributed by atoms with E-state index < -0.39 is 6.10 Å². The van der Waals surface area contributed by atoms with E-state index in [-0.39, 0.29) is 12.2 Å². The minimum atomic E-state index is -0.593. The number of aliphatic hydroxyl groups excluding tert-OH is 1. The van der Waals surface area contributed by atoms with Crippen molar-refractivity contribution in [2.75, 3.05) is 19.5 Å². The molecule has 0 aliphatic heterocycles. The van der Waals surface area contributed by atoms with Gasteiger partial charge in [0.05, 0.1) is 18.9 Å². The molecule has 3 aromatic rings.